The number of aromatic nitrogens is 1. The predicted octanol–water partition coefficient (Wildman–Crippen LogP) is 2.77. The second-order valence-corrected chi connectivity index (χ2v) is 4.96. The molecule has 0 atom stereocenters. The van der Waals surface area contributed by atoms with Crippen LogP contribution in [0.1, 0.15) is 37.6 Å². The fraction of sp³-hybridized carbons (Fsp3) is 0.571. The van der Waals surface area contributed by atoms with Gasteiger partial charge < -0.3 is 10.2 Å². The monoisotopic (exact) mass is 267 g/mol. The molecule has 0 aliphatic carbocycles. The summed E-state index contributed by atoms with van der Waals surface area (Å²) in [4.78, 5) is 17.6. The SMILES string of the molecule is CCNc1nccc(C(=O)N(C)CCC(C)C)c1F. The van der Waals surface area contributed by atoms with E-state index in [1.807, 2.05) is 6.92 Å². The van der Waals surface area contributed by atoms with E-state index in [2.05, 4.69) is 24.1 Å². The zero-order chi connectivity index (χ0) is 14.4. The minimum Gasteiger partial charge on any atom is -0.368 e. The number of hydrogen-bond donors (Lipinski definition) is 1. The highest BCUT2D eigenvalue weighted by Crippen LogP contribution is 2.16. The lowest BCUT2D eigenvalue weighted by Gasteiger charge is -2.19. The number of halogens is 1. The molecule has 19 heavy (non-hydrogen) atoms. The van der Waals surface area contributed by atoms with Crippen molar-refractivity contribution in [3.8, 4) is 0 Å². The van der Waals surface area contributed by atoms with Crippen molar-refractivity contribution in [1.29, 1.82) is 0 Å². The Morgan fingerprint density at radius 1 is 1.53 bits per heavy atom. The molecule has 0 aromatic carbocycles. The van der Waals surface area contributed by atoms with Gasteiger partial charge in [-0.15, -0.1) is 0 Å². The fourth-order valence-electron chi connectivity index (χ4n) is 1.66. The number of nitrogens with zero attached hydrogens (tertiary/aromatic N) is 2. The highest BCUT2D eigenvalue weighted by molar-refractivity contribution is 5.95. The van der Waals surface area contributed by atoms with Crippen molar-refractivity contribution in [3.63, 3.8) is 0 Å². The molecule has 1 aromatic heterocycles. The first kappa shape index (κ1) is 15.4. The van der Waals surface area contributed by atoms with Crippen LogP contribution in [-0.2, 0) is 0 Å². The summed E-state index contributed by atoms with van der Waals surface area (Å²) in [5.74, 6) is -0.245. The molecule has 1 heterocycles. The van der Waals surface area contributed by atoms with Crippen LogP contribution in [0.2, 0.25) is 0 Å². The van der Waals surface area contributed by atoms with Crippen LogP contribution < -0.4 is 5.32 Å². The molecular weight excluding hydrogens is 245 g/mol. The van der Waals surface area contributed by atoms with E-state index in [0.717, 1.165) is 6.42 Å². The van der Waals surface area contributed by atoms with E-state index in [4.69, 9.17) is 0 Å². The van der Waals surface area contributed by atoms with E-state index in [9.17, 15) is 9.18 Å². The molecule has 1 aromatic rings. The lowest BCUT2D eigenvalue weighted by molar-refractivity contribution is 0.0784. The van der Waals surface area contributed by atoms with E-state index >= 15 is 0 Å². The van der Waals surface area contributed by atoms with E-state index in [-0.39, 0.29) is 17.3 Å². The lowest BCUT2D eigenvalue weighted by Crippen LogP contribution is -2.29. The Balaban J connectivity index is 2.84. The zero-order valence-electron chi connectivity index (χ0n) is 12.0. The van der Waals surface area contributed by atoms with Crippen molar-refractivity contribution in [2.24, 2.45) is 5.92 Å². The van der Waals surface area contributed by atoms with Crippen molar-refractivity contribution < 1.29 is 9.18 Å². The summed E-state index contributed by atoms with van der Waals surface area (Å²) in [7, 11) is 1.69. The van der Waals surface area contributed by atoms with E-state index in [1.165, 1.54) is 12.3 Å². The molecule has 5 heteroatoms. The number of pyridine rings is 1. The third kappa shape index (κ3) is 4.19. The highest BCUT2D eigenvalue weighted by atomic mass is 19.1. The van der Waals surface area contributed by atoms with Gasteiger partial charge in [0.25, 0.3) is 5.91 Å². The molecule has 0 fully saturated rings. The smallest absolute Gasteiger partial charge is 0.256 e. The summed E-state index contributed by atoms with van der Waals surface area (Å²) >= 11 is 0. The Kier molecular flexibility index (Phi) is 5.73. The number of amides is 1. The average Bonchev–Trinajstić information content (AvgIpc) is 2.38. The molecule has 0 saturated heterocycles. The zero-order valence-corrected chi connectivity index (χ0v) is 12.0. The molecule has 4 nitrogen and oxygen atoms in total. The summed E-state index contributed by atoms with van der Waals surface area (Å²) in [5.41, 5.74) is 0.0669. The Morgan fingerprint density at radius 2 is 2.21 bits per heavy atom. The van der Waals surface area contributed by atoms with Crippen molar-refractivity contribution >= 4 is 11.7 Å². The minimum absolute atomic E-state index is 0.0669. The summed E-state index contributed by atoms with van der Waals surface area (Å²) in [6.07, 6.45) is 2.35. The molecule has 1 rings (SSSR count). The van der Waals surface area contributed by atoms with Gasteiger partial charge in [-0.25, -0.2) is 9.37 Å². The number of carbonyl (C=O) groups excluding carboxylic acids is 1. The largest absolute Gasteiger partial charge is 0.368 e. The Morgan fingerprint density at radius 3 is 2.79 bits per heavy atom. The van der Waals surface area contributed by atoms with Gasteiger partial charge in [0.1, 0.15) is 0 Å². The van der Waals surface area contributed by atoms with Crippen LogP contribution in [0.5, 0.6) is 0 Å². The van der Waals surface area contributed by atoms with Gasteiger partial charge in [-0.2, -0.15) is 0 Å². The van der Waals surface area contributed by atoms with Crippen LogP contribution in [-0.4, -0.2) is 35.9 Å². The van der Waals surface area contributed by atoms with E-state index in [1.54, 1.807) is 11.9 Å². The van der Waals surface area contributed by atoms with Gasteiger partial charge in [0, 0.05) is 26.3 Å². The number of carbonyl (C=O) groups is 1. The minimum atomic E-state index is -0.578. The predicted molar refractivity (Wildman–Crippen MR) is 74.8 cm³/mol. The Hall–Kier alpha value is -1.65. The van der Waals surface area contributed by atoms with Crippen LogP contribution in [0.25, 0.3) is 0 Å². The number of hydrogen-bond acceptors (Lipinski definition) is 3. The maximum atomic E-state index is 14.1. The molecule has 1 N–H and O–H groups in total. The molecule has 0 radical (unpaired) electrons. The standard InChI is InChI=1S/C14H22FN3O/c1-5-16-13-12(15)11(6-8-17-13)14(19)18(4)9-7-10(2)3/h6,8,10H,5,7,9H2,1-4H3,(H,16,17). The molecule has 0 spiro atoms. The fourth-order valence-corrected chi connectivity index (χ4v) is 1.66. The van der Waals surface area contributed by atoms with Gasteiger partial charge >= 0.3 is 0 Å². The first-order valence-electron chi connectivity index (χ1n) is 6.61. The first-order valence-corrected chi connectivity index (χ1v) is 6.61. The van der Waals surface area contributed by atoms with Gasteiger partial charge in [-0.3, -0.25) is 4.79 Å². The summed E-state index contributed by atoms with van der Waals surface area (Å²) in [6.45, 7) is 7.22. The van der Waals surface area contributed by atoms with Crippen LogP contribution in [0.3, 0.4) is 0 Å². The molecule has 0 aliphatic heterocycles. The Bertz CT molecular complexity index is 435. The van der Waals surface area contributed by atoms with Gasteiger partial charge in [0.15, 0.2) is 11.6 Å². The van der Waals surface area contributed by atoms with Gasteiger partial charge in [0.2, 0.25) is 0 Å². The second-order valence-electron chi connectivity index (χ2n) is 4.96. The van der Waals surface area contributed by atoms with Gasteiger partial charge in [0.05, 0.1) is 5.56 Å². The number of anilines is 1. The number of rotatable bonds is 6. The molecule has 106 valence electrons. The summed E-state index contributed by atoms with van der Waals surface area (Å²) in [6, 6.07) is 1.42. The molecule has 0 saturated carbocycles. The Labute approximate surface area is 114 Å². The summed E-state index contributed by atoms with van der Waals surface area (Å²) in [5, 5.41) is 2.80. The quantitative estimate of drug-likeness (QED) is 0.862. The lowest BCUT2D eigenvalue weighted by atomic mass is 10.1. The molecule has 0 aliphatic rings. The van der Waals surface area contributed by atoms with Crippen LogP contribution in [0.4, 0.5) is 10.2 Å². The van der Waals surface area contributed by atoms with E-state index in [0.29, 0.717) is 19.0 Å². The van der Waals surface area contributed by atoms with Crippen molar-refractivity contribution in [3.05, 3.63) is 23.6 Å². The highest BCUT2D eigenvalue weighted by Gasteiger charge is 2.19. The van der Waals surface area contributed by atoms with Crippen molar-refractivity contribution in [2.75, 3.05) is 25.5 Å². The third-order valence-corrected chi connectivity index (χ3v) is 2.85. The second kappa shape index (κ2) is 7.07. The third-order valence-electron chi connectivity index (χ3n) is 2.85. The normalized spacial score (nSPS) is 10.6. The topological polar surface area (TPSA) is 45.2 Å². The number of nitrogens with one attached hydrogen (secondary N) is 1. The van der Waals surface area contributed by atoms with E-state index < -0.39 is 5.82 Å². The molecule has 0 unspecified atom stereocenters. The van der Waals surface area contributed by atoms with Crippen LogP contribution in [0.15, 0.2) is 12.3 Å². The van der Waals surface area contributed by atoms with Crippen molar-refractivity contribution in [1.82, 2.24) is 9.88 Å². The molecular formula is C14H22FN3O. The maximum Gasteiger partial charge on any atom is 0.256 e. The first-order chi connectivity index (χ1) is 8.97. The molecule has 1 amide bonds. The van der Waals surface area contributed by atoms with Gasteiger partial charge in [-0.1, -0.05) is 13.8 Å². The van der Waals surface area contributed by atoms with Crippen molar-refractivity contribution in [2.45, 2.75) is 27.2 Å². The maximum absolute atomic E-state index is 14.1. The van der Waals surface area contributed by atoms with Gasteiger partial charge in [-0.05, 0) is 25.3 Å². The van der Waals surface area contributed by atoms with Crippen LogP contribution >= 0.6 is 0 Å². The average molecular weight is 267 g/mol. The van der Waals surface area contributed by atoms with Crippen LogP contribution in [0, 0.1) is 11.7 Å². The summed E-state index contributed by atoms with van der Waals surface area (Å²) < 4.78 is 14.1. The molecule has 0 bridgehead atoms.